The normalized spacial score (nSPS) is 14.0. The third-order valence-corrected chi connectivity index (χ3v) is 4.33. The number of nitrogens with one attached hydrogen (secondary N) is 1. The molecule has 0 radical (unpaired) electrons. The zero-order valence-corrected chi connectivity index (χ0v) is 15.4. The number of carbonyl (C=O) groups excluding carboxylic acids is 1. The summed E-state index contributed by atoms with van der Waals surface area (Å²) in [5.41, 5.74) is 0.455. The third kappa shape index (κ3) is 3.99. The van der Waals surface area contributed by atoms with Crippen LogP contribution in [0.25, 0.3) is 5.65 Å². The minimum atomic E-state index is -2.74. The molecule has 1 fully saturated rings. The molecule has 0 atom stereocenters. The van der Waals surface area contributed by atoms with Crippen molar-refractivity contribution in [3.8, 4) is 0 Å². The van der Waals surface area contributed by atoms with Gasteiger partial charge in [-0.05, 0) is 31.4 Å². The number of hydrogen-bond acceptors (Lipinski definition) is 3. The molecule has 3 aromatic heterocycles. The van der Waals surface area contributed by atoms with E-state index in [2.05, 4.69) is 29.2 Å². The number of carbonyl (C=O) groups is 1. The summed E-state index contributed by atoms with van der Waals surface area (Å²) in [5.74, 6) is -0.480. The monoisotopic (exact) mass is 375 g/mol. The average Bonchev–Trinajstić information content (AvgIpc) is 3.18. The molecule has 8 heteroatoms. The second kappa shape index (κ2) is 8.28. The van der Waals surface area contributed by atoms with Crippen LogP contribution in [0.3, 0.4) is 0 Å². The number of anilines is 1. The minimum Gasteiger partial charge on any atom is -0.319 e. The molecule has 27 heavy (non-hydrogen) atoms. The Kier molecular flexibility index (Phi) is 5.83. The minimum absolute atomic E-state index is 0.0529. The van der Waals surface area contributed by atoms with Gasteiger partial charge in [-0.1, -0.05) is 20.3 Å². The van der Waals surface area contributed by atoms with Gasteiger partial charge in [0.1, 0.15) is 5.65 Å². The molecule has 0 aromatic carbocycles. The van der Waals surface area contributed by atoms with Crippen LogP contribution in [-0.2, 0) is 0 Å². The maximum absolute atomic E-state index is 13.2. The summed E-state index contributed by atoms with van der Waals surface area (Å²) in [7, 11) is 0. The lowest BCUT2D eigenvalue weighted by molar-refractivity contribution is 0.102. The summed E-state index contributed by atoms with van der Waals surface area (Å²) in [4.78, 5) is 16.6. The summed E-state index contributed by atoms with van der Waals surface area (Å²) in [6.45, 7) is 4.25. The molecule has 1 saturated carbocycles. The van der Waals surface area contributed by atoms with Crippen molar-refractivity contribution in [1.82, 2.24) is 19.2 Å². The van der Waals surface area contributed by atoms with E-state index in [0.29, 0.717) is 11.2 Å². The topological polar surface area (TPSA) is 64.2 Å². The van der Waals surface area contributed by atoms with Crippen molar-refractivity contribution in [2.45, 2.75) is 52.0 Å². The first-order valence-corrected chi connectivity index (χ1v) is 9.15. The number of hydrogen-bond donors (Lipinski definition) is 1. The molecule has 0 aliphatic heterocycles. The molecule has 4 rings (SSSR count). The van der Waals surface area contributed by atoms with E-state index in [-0.39, 0.29) is 11.7 Å². The van der Waals surface area contributed by atoms with Crippen molar-refractivity contribution in [3.63, 3.8) is 0 Å². The number of aromatic nitrogens is 4. The number of rotatable bonds is 4. The average molecular weight is 375 g/mol. The van der Waals surface area contributed by atoms with Gasteiger partial charge in [0.25, 0.3) is 12.3 Å². The van der Waals surface area contributed by atoms with Gasteiger partial charge < -0.3 is 9.72 Å². The smallest absolute Gasteiger partial charge is 0.284 e. The standard InChI is InChI=1S/C16H15F2N5O.C3H8/c17-14(18)13-12(9-23(21-13)10-3-1-4-10)20-16(24)11-5-8-22-7-2-6-19-15(11)22;1-3-2/h2,5-10,14H,1,3-4H2,(H,20,24);3H2,1-2H3. The van der Waals surface area contributed by atoms with Crippen LogP contribution in [0, 0.1) is 0 Å². The van der Waals surface area contributed by atoms with Gasteiger partial charge in [0.2, 0.25) is 0 Å². The molecule has 0 unspecified atom stereocenters. The second-order valence-electron chi connectivity index (χ2n) is 6.53. The van der Waals surface area contributed by atoms with E-state index in [1.54, 1.807) is 35.1 Å². The van der Waals surface area contributed by atoms with E-state index in [1.165, 1.54) is 17.3 Å². The maximum atomic E-state index is 13.2. The molecule has 0 spiro atoms. The van der Waals surface area contributed by atoms with Crippen molar-refractivity contribution in [3.05, 3.63) is 48.2 Å². The lowest BCUT2D eigenvalue weighted by atomic mass is 9.93. The molecule has 1 aliphatic carbocycles. The molecule has 1 N–H and O–H groups in total. The molecule has 3 aromatic rings. The van der Waals surface area contributed by atoms with E-state index in [0.717, 1.165) is 19.3 Å². The summed E-state index contributed by atoms with van der Waals surface area (Å²) < 4.78 is 29.7. The Balaban J connectivity index is 0.000000659. The van der Waals surface area contributed by atoms with Crippen LogP contribution < -0.4 is 5.32 Å². The Labute approximate surface area is 156 Å². The Hall–Kier alpha value is -2.77. The maximum Gasteiger partial charge on any atom is 0.284 e. The first-order valence-electron chi connectivity index (χ1n) is 9.15. The van der Waals surface area contributed by atoms with Crippen molar-refractivity contribution in [2.24, 2.45) is 0 Å². The van der Waals surface area contributed by atoms with E-state index in [1.807, 2.05) is 0 Å². The molecular formula is C19H23F2N5O. The molecule has 6 nitrogen and oxygen atoms in total. The van der Waals surface area contributed by atoms with Crippen LogP contribution in [0.1, 0.15) is 68.0 Å². The zero-order valence-electron chi connectivity index (χ0n) is 15.4. The highest BCUT2D eigenvalue weighted by Gasteiger charge is 2.26. The van der Waals surface area contributed by atoms with E-state index in [4.69, 9.17) is 0 Å². The van der Waals surface area contributed by atoms with E-state index in [9.17, 15) is 13.6 Å². The number of amides is 1. The van der Waals surface area contributed by atoms with Gasteiger partial charge >= 0.3 is 0 Å². The van der Waals surface area contributed by atoms with Gasteiger partial charge in [0, 0.05) is 24.8 Å². The fourth-order valence-electron chi connectivity index (χ4n) is 2.81. The molecule has 144 valence electrons. The summed E-state index contributed by atoms with van der Waals surface area (Å²) >= 11 is 0. The second-order valence-corrected chi connectivity index (χ2v) is 6.53. The number of nitrogens with zero attached hydrogens (tertiary/aromatic N) is 4. The molecule has 0 saturated heterocycles. The lowest BCUT2D eigenvalue weighted by Crippen LogP contribution is -2.17. The highest BCUT2D eigenvalue weighted by molar-refractivity contribution is 6.08. The largest absolute Gasteiger partial charge is 0.319 e. The molecule has 1 aliphatic rings. The van der Waals surface area contributed by atoms with Crippen molar-refractivity contribution in [1.29, 1.82) is 0 Å². The van der Waals surface area contributed by atoms with Gasteiger partial charge in [-0.3, -0.25) is 9.48 Å². The van der Waals surface area contributed by atoms with Crippen molar-refractivity contribution in [2.75, 3.05) is 5.32 Å². The predicted octanol–water partition coefficient (Wildman–Crippen LogP) is 4.86. The Morgan fingerprint density at radius 1 is 1.33 bits per heavy atom. The third-order valence-electron chi connectivity index (χ3n) is 4.33. The molecule has 3 heterocycles. The van der Waals surface area contributed by atoms with Gasteiger partial charge in [0.15, 0.2) is 5.69 Å². The van der Waals surface area contributed by atoms with Crippen LogP contribution >= 0.6 is 0 Å². The Morgan fingerprint density at radius 3 is 2.70 bits per heavy atom. The molecule has 0 bridgehead atoms. The number of fused-ring (bicyclic) bond motifs is 1. The van der Waals surface area contributed by atoms with Crippen molar-refractivity contribution >= 4 is 17.2 Å². The lowest BCUT2D eigenvalue weighted by Gasteiger charge is -2.25. The SMILES string of the molecule is CCC.O=C(Nc1cn(C2CCC2)nc1C(F)F)c1ccn2cccnc12. The Bertz CT molecular complexity index is 914. The highest BCUT2D eigenvalue weighted by Crippen LogP contribution is 2.34. The fourth-order valence-corrected chi connectivity index (χ4v) is 2.81. The van der Waals surface area contributed by atoms with Crippen LogP contribution in [0.5, 0.6) is 0 Å². The van der Waals surface area contributed by atoms with Gasteiger partial charge in [-0.2, -0.15) is 5.10 Å². The summed E-state index contributed by atoms with van der Waals surface area (Å²) in [5, 5.41) is 6.51. The predicted molar refractivity (Wildman–Crippen MR) is 99.2 cm³/mol. The fraction of sp³-hybridized carbons (Fsp3) is 0.421. The van der Waals surface area contributed by atoms with E-state index < -0.39 is 18.0 Å². The van der Waals surface area contributed by atoms with Gasteiger partial charge in [-0.25, -0.2) is 13.8 Å². The van der Waals surface area contributed by atoms with Crippen LogP contribution in [-0.4, -0.2) is 25.1 Å². The molecule has 1 amide bonds. The Morgan fingerprint density at radius 2 is 2.07 bits per heavy atom. The first-order chi connectivity index (χ1) is 13.0. The van der Waals surface area contributed by atoms with Crippen LogP contribution in [0.15, 0.2) is 36.9 Å². The highest BCUT2D eigenvalue weighted by atomic mass is 19.3. The van der Waals surface area contributed by atoms with Gasteiger partial charge in [-0.15, -0.1) is 0 Å². The number of alkyl halides is 2. The quantitative estimate of drug-likeness (QED) is 0.708. The van der Waals surface area contributed by atoms with E-state index >= 15 is 0 Å². The van der Waals surface area contributed by atoms with Crippen LogP contribution in [0.4, 0.5) is 14.5 Å². The first kappa shape index (κ1) is 19.0. The van der Waals surface area contributed by atoms with Crippen molar-refractivity contribution < 1.29 is 13.6 Å². The summed E-state index contributed by atoms with van der Waals surface area (Å²) in [6, 6.07) is 3.49. The summed E-state index contributed by atoms with van der Waals surface area (Å²) in [6.07, 6.45) is 7.95. The van der Waals surface area contributed by atoms with Crippen LogP contribution in [0.2, 0.25) is 0 Å². The van der Waals surface area contributed by atoms with Gasteiger partial charge in [0.05, 0.1) is 17.3 Å². The number of halogens is 2. The zero-order chi connectivity index (χ0) is 19.4. The molecular weight excluding hydrogens is 352 g/mol.